The van der Waals surface area contributed by atoms with Crippen molar-refractivity contribution in [2.45, 2.75) is 13.3 Å². The molecule has 3 aromatic rings. The van der Waals surface area contributed by atoms with Crippen molar-refractivity contribution in [3.63, 3.8) is 0 Å². The number of carbonyl (C=O) groups excluding carboxylic acids is 1. The van der Waals surface area contributed by atoms with Gasteiger partial charge in [-0.25, -0.2) is 4.98 Å². The number of nitrogens with zero attached hydrogens (tertiary/aromatic N) is 3. The van der Waals surface area contributed by atoms with Gasteiger partial charge in [-0.3, -0.25) is 9.69 Å². The number of aromatic nitrogens is 1. The van der Waals surface area contributed by atoms with Gasteiger partial charge in [-0.2, -0.15) is 0 Å². The summed E-state index contributed by atoms with van der Waals surface area (Å²) in [6.45, 7) is 4.39. The predicted octanol–water partition coefficient (Wildman–Crippen LogP) is 4.02. The number of rotatable bonds is 7. The minimum atomic E-state index is 0.128. The number of benzene rings is 2. The van der Waals surface area contributed by atoms with E-state index in [1.807, 2.05) is 54.1 Å². The van der Waals surface area contributed by atoms with E-state index in [2.05, 4.69) is 28.6 Å². The van der Waals surface area contributed by atoms with Gasteiger partial charge in [-0.15, -0.1) is 11.3 Å². The number of amides is 1. The molecule has 0 bridgehead atoms. The van der Waals surface area contributed by atoms with Crippen LogP contribution in [0.15, 0.2) is 53.9 Å². The molecule has 0 atom stereocenters. The molecular formula is C23H25N3O2S. The van der Waals surface area contributed by atoms with E-state index in [0.29, 0.717) is 19.7 Å². The highest BCUT2D eigenvalue weighted by Crippen LogP contribution is 2.32. The number of likely N-dealkylation sites (N-methyl/N-ethyl adjacent to an activating group) is 1. The molecule has 150 valence electrons. The van der Waals surface area contributed by atoms with E-state index in [0.717, 1.165) is 40.7 Å². The lowest BCUT2D eigenvalue weighted by molar-refractivity contribution is -0.119. The summed E-state index contributed by atoms with van der Waals surface area (Å²) in [5.41, 5.74) is 4.38. The van der Waals surface area contributed by atoms with Crippen LogP contribution in [0.5, 0.6) is 5.75 Å². The molecule has 29 heavy (non-hydrogen) atoms. The van der Waals surface area contributed by atoms with Crippen molar-refractivity contribution in [3.8, 4) is 17.0 Å². The number of hydrogen-bond donors (Lipinski definition) is 0. The zero-order chi connectivity index (χ0) is 20.2. The first-order valence-electron chi connectivity index (χ1n) is 9.82. The summed E-state index contributed by atoms with van der Waals surface area (Å²) in [4.78, 5) is 21.3. The Morgan fingerprint density at radius 2 is 2.07 bits per heavy atom. The third-order valence-corrected chi connectivity index (χ3v) is 5.85. The van der Waals surface area contributed by atoms with Gasteiger partial charge in [0, 0.05) is 29.7 Å². The second-order valence-electron chi connectivity index (χ2n) is 7.29. The lowest BCUT2D eigenvalue weighted by atomic mass is 10.1. The highest BCUT2D eigenvalue weighted by Gasteiger charge is 2.25. The van der Waals surface area contributed by atoms with Crippen LogP contribution in [0.2, 0.25) is 0 Å². The van der Waals surface area contributed by atoms with Crippen molar-refractivity contribution in [1.29, 1.82) is 0 Å². The minimum Gasteiger partial charge on any atom is -0.492 e. The first-order valence-corrected chi connectivity index (χ1v) is 10.7. The molecule has 1 amide bonds. The number of fused-ring (bicyclic) bond motifs is 1. The smallest absolute Gasteiger partial charge is 0.241 e. The van der Waals surface area contributed by atoms with Crippen LogP contribution in [-0.2, 0) is 11.2 Å². The van der Waals surface area contributed by atoms with Crippen molar-refractivity contribution < 1.29 is 9.53 Å². The lowest BCUT2D eigenvalue weighted by Crippen LogP contribution is -2.39. The Morgan fingerprint density at radius 3 is 2.83 bits per heavy atom. The van der Waals surface area contributed by atoms with Crippen LogP contribution >= 0.6 is 11.3 Å². The van der Waals surface area contributed by atoms with Crippen molar-refractivity contribution in [3.05, 3.63) is 64.5 Å². The van der Waals surface area contributed by atoms with Gasteiger partial charge in [-0.1, -0.05) is 24.3 Å². The molecule has 1 aliphatic heterocycles. The van der Waals surface area contributed by atoms with Crippen LogP contribution in [0, 0.1) is 6.92 Å². The molecule has 0 saturated carbocycles. The second kappa shape index (κ2) is 8.76. The van der Waals surface area contributed by atoms with E-state index >= 15 is 0 Å². The Labute approximate surface area is 175 Å². The number of carbonyl (C=O) groups is 1. The third-order valence-electron chi connectivity index (χ3n) is 5.08. The Kier molecular flexibility index (Phi) is 5.92. The first-order chi connectivity index (χ1) is 14.1. The fraction of sp³-hybridized carbons (Fsp3) is 0.304. The number of hydrogen-bond acceptors (Lipinski definition) is 5. The standard InChI is InChI=1S/C23H25N3O2S/c1-17-24-21(16-29-17)18-8-9-22-19(14-18)10-11-26(22)23(27)15-25(2)12-13-28-20-6-4-3-5-7-20/h3-9,14,16H,10-13,15H2,1-2H3. The van der Waals surface area contributed by atoms with Gasteiger partial charge in [0.05, 0.1) is 17.2 Å². The maximum absolute atomic E-state index is 12.8. The zero-order valence-electron chi connectivity index (χ0n) is 16.8. The number of para-hydroxylation sites is 1. The number of anilines is 1. The number of ether oxygens (including phenoxy) is 1. The Balaban J connectivity index is 1.33. The Bertz CT molecular complexity index is 987. The summed E-state index contributed by atoms with van der Waals surface area (Å²) >= 11 is 1.66. The summed E-state index contributed by atoms with van der Waals surface area (Å²) in [6, 6.07) is 16.0. The van der Waals surface area contributed by atoms with Gasteiger partial charge in [0.1, 0.15) is 12.4 Å². The summed E-state index contributed by atoms with van der Waals surface area (Å²) in [7, 11) is 1.96. The van der Waals surface area contributed by atoms with Gasteiger partial charge in [0.15, 0.2) is 0 Å². The molecule has 5 nitrogen and oxygen atoms in total. The molecule has 1 aliphatic rings. The molecule has 0 saturated heterocycles. The van der Waals surface area contributed by atoms with Crippen LogP contribution in [-0.4, -0.2) is 49.1 Å². The van der Waals surface area contributed by atoms with Crippen LogP contribution in [0.4, 0.5) is 5.69 Å². The molecule has 1 aromatic heterocycles. The largest absolute Gasteiger partial charge is 0.492 e. The van der Waals surface area contributed by atoms with Crippen molar-refractivity contribution in [2.24, 2.45) is 0 Å². The van der Waals surface area contributed by atoms with Gasteiger partial charge in [-0.05, 0) is 50.2 Å². The van der Waals surface area contributed by atoms with Gasteiger partial charge in [0.25, 0.3) is 0 Å². The molecule has 0 fully saturated rings. The number of aryl methyl sites for hydroxylation is 1. The van der Waals surface area contributed by atoms with E-state index in [9.17, 15) is 4.79 Å². The molecule has 2 heterocycles. The third kappa shape index (κ3) is 4.66. The Morgan fingerprint density at radius 1 is 1.24 bits per heavy atom. The van der Waals surface area contributed by atoms with Crippen molar-refractivity contribution in [1.82, 2.24) is 9.88 Å². The van der Waals surface area contributed by atoms with Gasteiger partial charge < -0.3 is 9.64 Å². The molecule has 4 rings (SSSR count). The SMILES string of the molecule is Cc1nc(-c2ccc3c(c2)CCN3C(=O)CN(C)CCOc2ccccc2)cs1. The highest BCUT2D eigenvalue weighted by atomic mass is 32.1. The second-order valence-corrected chi connectivity index (χ2v) is 8.35. The van der Waals surface area contributed by atoms with Crippen molar-refractivity contribution in [2.75, 3.05) is 38.2 Å². The summed E-state index contributed by atoms with van der Waals surface area (Å²) in [5.74, 6) is 0.982. The molecule has 0 spiro atoms. The first kappa shape index (κ1) is 19.6. The zero-order valence-corrected chi connectivity index (χ0v) is 17.6. The summed E-state index contributed by atoms with van der Waals surface area (Å²) in [5, 5.41) is 3.15. The molecule has 0 radical (unpaired) electrons. The fourth-order valence-corrected chi connectivity index (χ4v) is 4.17. The molecular weight excluding hydrogens is 382 g/mol. The molecule has 0 unspecified atom stereocenters. The maximum atomic E-state index is 12.8. The topological polar surface area (TPSA) is 45.7 Å². The monoisotopic (exact) mass is 407 g/mol. The predicted molar refractivity (Wildman–Crippen MR) is 118 cm³/mol. The van der Waals surface area contributed by atoms with E-state index < -0.39 is 0 Å². The maximum Gasteiger partial charge on any atom is 0.241 e. The van der Waals surface area contributed by atoms with E-state index in [1.54, 1.807) is 11.3 Å². The van der Waals surface area contributed by atoms with Gasteiger partial charge >= 0.3 is 0 Å². The van der Waals surface area contributed by atoms with Crippen LogP contribution in [0.1, 0.15) is 10.6 Å². The fourth-order valence-electron chi connectivity index (χ4n) is 3.55. The van der Waals surface area contributed by atoms with E-state index in [4.69, 9.17) is 4.74 Å². The van der Waals surface area contributed by atoms with Crippen LogP contribution < -0.4 is 9.64 Å². The number of thiazole rings is 1. The van der Waals surface area contributed by atoms with Crippen molar-refractivity contribution >= 4 is 22.9 Å². The molecule has 0 N–H and O–H groups in total. The average Bonchev–Trinajstić information content (AvgIpc) is 3.34. The quantitative estimate of drug-likeness (QED) is 0.594. The average molecular weight is 408 g/mol. The molecule has 0 aliphatic carbocycles. The van der Waals surface area contributed by atoms with Crippen LogP contribution in [0.3, 0.4) is 0 Å². The van der Waals surface area contributed by atoms with Gasteiger partial charge in [0.2, 0.25) is 5.91 Å². The summed E-state index contributed by atoms with van der Waals surface area (Å²) < 4.78 is 5.73. The molecule has 2 aromatic carbocycles. The molecule has 6 heteroatoms. The van der Waals surface area contributed by atoms with Crippen LogP contribution in [0.25, 0.3) is 11.3 Å². The lowest BCUT2D eigenvalue weighted by Gasteiger charge is -2.22. The van der Waals surface area contributed by atoms with E-state index in [-0.39, 0.29) is 5.91 Å². The van der Waals surface area contributed by atoms with E-state index in [1.165, 1.54) is 5.56 Å². The Hall–Kier alpha value is -2.70. The highest BCUT2D eigenvalue weighted by molar-refractivity contribution is 7.09. The minimum absolute atomic E-state index is 0.128. The normalized spacial score (nSPS) is 13.0. The summed E-state index contributed by atoms with van der Waals surface area (Å²) in [6.07, 6.45) is 0.888.